The molecule has 20 heavy (non-hydrogen) atoms. The molecule has 1 amide bonds. The molecule has 0 aliphatic carbocycles. The van der Waals surface area contributed by atoms with Crippen LogP contribution >= 0.6 is 11.6 Å². The molecule has 1 heterocycles. The molecule has 0 fully saturated rings. The molecule has 0 saturated carbocycles. The minimum Gasteiger partial charge on any atom is -0.365 e. The third kappa shape index (κ3) is 2.75. The van der Waals surface area contributed by atoms with Crippen molar-refractivity contribution in [3.05, 3.63) is 68.1 Å². The van der Waals surface area contributed by atoms with Gasteiger partial charge in [0, 0.05) is 10.7 Å². The Morgan fingerprint density at radius 1 is 1.30 bits per heavy atom. The predicted molar refractivity (Wildman–Crippen MR) is 79.2 cm³/mol. The molecule has 4 nitrogen and oxygen atoms in total. The first-order chi connectivity index (χ1) is 9.40. The zero-order chi connectivity index (χ0) is 14.9. The Balaban J connectivity index is 2.56. The number of pyridine rings is 1. The van der Waals surface area contributed by atoms with Crippen molar-refractivity contribution in [3.63, 3.8) is 0 Å². The van der Waals surface area contributed by atoms with Gasteiger partial charge in [0.05, 0.1) is 6.54 Å². The van der Waals surface area contributed by atoms with E-state index in [0.29, 0.717) is 11.6 Å². The summed E-state index contributed by atoms with van der Waals surface area (Å²) in [5, 5.41) is 0.607. The molecule has 104 valence electrons. The summed E-state index contributed by atoms with van der Waals surface area (Å²) < 4.78 is 1.54. The minimum absolute atomic E-state index is 0.00938. The average Bonchev–Trinajstić information content (AvgIpc) is 2.38. The standard InChI is InChI=1S/C15H15ClN2O2/c1-9-6-13(14(17)19)15(20)18(10(9)2)8-11-4-3-5-12(16)7-11/h3-7H,8H2,1-2H3,(H2,17,19). The van der Waals surface area contributed by atoms with Gasteiger partial charge in [-0.25, -0.2) is 0 Å². The van der Waals surface area contributed by atoms with E-state index in [1.807, 2.05) is 26.0 Å². The zero-order valence-electron chi connectivity index (χ0n) is 11.3. The highest BCUT2D eigenvalue weighted by Gasteiger charge is 2.13. The van der Waals surface area contributed by atoms with Crippen LogP contribution in [0.3, 0.4) is 0 Å². The highest BCUT2D eigenvalue weighted by Crippen LogP contribution is 2.13. The average molecular weight is 291 g/mol. The van der Waals surface area contributed by atoms with Crippen LogP contribution in [0.4, 0.5) is 0 Å². The Morgan fingerprint density at radius 2 is 2.00 bits per heavy atom. The summed E-state index contributed by atoms with van der Waals surface area (Å²) in [5.74, 6) is -0.710. The first-order valence-electron chi connectivity index (χ1n) is 6.15. The second-order valence-electron chi connectivity index (χ2n) is 4.71. The number of aromatic nitrogens is 1. The van der Waals surface area contributed by atoms with E-state index in [0.717, 1.165) is 16.8 Å². The SMILES string of the molecule is Cc1cc(C(N)=O)c(=O)n(Cc2cccc(Cl)c2)c1C. The van der Waals surface area contributed by atoms with Crippen molar-refractivity contribution < 1.29 is 4.79 Å². The summed E-state index contributed by atoms with van der Waals surface area (Å²) in [7, 11) is 0. The Labute approximate surface area is 121 Å². The van der Waals surface area contributed by atoms with Crippen LogP contribution in [0.1, 0.15) is 27.2 Å². The van der Waals surface area contributed by atoms with Crippen molar-refractivity contribution in [2.75, 3.05) is 0 Å². The number of carbonyl (C=O) groups excluding carboxylic acids is 1. The molecule has 5 heteroatoms. The Bertz CT molecular complexity index is 735. The second kappa shape index (κ2) is 5.51. The maximum absolute atomic E-state index is 12.3. The van der Waals surface area contributed by atoms with E-state index in [1.165, 1.54) is 6.07 Å². The van der Waals surface area contributed by atoms with Crippen molar-refractivity contribution in [1.82, 2.24) is 4.57 Å². The minimum atomic E-state index is -0.710. The lowest BCUT2D eigenvalue weighted by molar-refractivity contribution is 0.0998. The molecule has 1 aromatic carbocycles. The van der Waals surface area contributed by atoms with Crippen LogP contribution in [0.5, 0.6) is 0 Å². The van der Waals surface area contributed by atoms with E-state index >= 15 is 0 Å². The molecule has 0 unspecified atom stereocenters. The fourth-order valence-electron chi connectivity index (χ4n) is 2.08. The molecular weight excluding hydrogens is 276 g/mol. The third-order valence-corrected chi connectivity index (χ3v) is 3.54. The van der Waals surface area contributed by atoms with Crippen LogP contribution in [0, 0.1) is 13.8 Å². The van der Waals surface area contributed by atoms with Crippen molar-refractivity contribution in [2.45, 2.75) is 20.4 Å². The van der Waals surface area contributed by atoms with Crippen molar-refractivity contribution >= 4 is 17.5 Å². The van der Waals surface area contributed by atoms with Gasteiger partial charge in [-0.05, 0) is 43.2 Å². The molecule has 2 rings (SSSR count). The number of nitrogens with two attached hydrogens (primary N) is 1. The number of amides is 1. The summed E-state index contributed by atoms with van der Waals surface area (Å²) in [6.45, 7) is 4.04. The Kier molecular flexibility index (Phi) is 3.95. The van der Waals surface area contributed by atoms with E-state index in [-0.39, 0.29) is 11.1 Å². The van der Waals surface area contributed by atoms with Crippen LogP contribution in [-0.4, -0.2) is 10.5 Å². The van der Waals surface area contributed by atoms with Gasteiger partial charge in [-0.15, -0.1) is 0 Å². The molecule has 0 bridgehead atoms. The zero-order valence-corrected chi connectivity index (χ0v) is 12.1. The van der Waals surface area contributed by atoms with Crippen molar-refractivity contribution in [3.8, 4) is 0 Å². The van der Waals surface area contributed by atoms with Gasteiger partial charge in [0.25, 0.3) is 11.5 Å². The van der Waals surface area contributed by atoms with E-state index < -0.39 is 5.91 Å². The van der Waals surface area contributed by atoms with Crippen LogP contribution < -0.4 is 11.3 Å². The fraction of sp³-hybridized carbons (Fsp3) is 0.200. The number of nitrogens with zero attached hydrogens (tertiary/aromatic N) is 1. The van der Waals surface area contributed by atoms with Crippen molar-refractivity contribution in [2.24, 2.45) is 5.73 Å². The van der Waals surface area contributed by atoms with Crippen LogP contribution in [0.25, 0.3) is 0 Å². The molecule has 2 aromatic rings. The maximum Gasteiger partial charge on any atom is 0.263 e. The number of halogens is 1. The summed E-state index contributed by atoms with van der Waals surface area (Å²) in [6.07, 6.45) is 0. The number of benzene rings is 1. The van der Waals surface area contributed by atoms with Crippen molar-refractivity contribution in [1.29, 1.82) is 0 Å². The van der Waals surface area contributed by atoms with E-state index in [9.17, 15) is 9.59 Å². The summed E-state index contributed by atoms with van der Waals surface area (Å²) in [4.78, 5) is 23.6. The number of carbonyl (C=O) groups is 1. The molecule has 2 N–H and O–H groups in total. The van der Waals surface area contributed by atoms with Crippen LogP contribution in [-0.2, 0) is 6.54 Å². The van der Waals surface area contributed by atoms with Gasteiger partial charge in [0.2, 0.25) is 0 Å². The van der Waals surface area contributed by atoms with E-state index in [1.54, 1.807) is 16.7 Å². The highest BCUT2D eigenvalue weighted by atomic mass is 35.5. The first-order valence-corrected chi connectivity index (χ1v) is 6.53. The molecule has 1 aromatic heterocycles. The summed E-state index contributed by atoms with van der Waals surface area (Å²) in [6, 6.07) is 8.80. The number of hydrogen-bond acceptors (Lipinski definition) is 2. The third-order valence-electron chi connectivity index (χ3n) is 3.31. The smallest absolute Gasteiger partial charge is 0.263 e. The predicted octanol–water partition coefficient (Wildman–Crippen LogP) is 2.27. The van der Waals surface area contributed by atoms with Gasteiger partial charge in [0.1, 0.15) is 5.56 Å². The van der Waals surface area contributed by atoms with Crippen LogP contribution in [0.2, 0.25) is 5.02 Å². The lowest BCUT2D eigenvalue weighted by Gasteiger charge is -2.14. The lowest BCUT2D eigenvalue weighted by Crippen LogP contribution is -2.31. The number of aryl methyl sites for hydroxylation is 1. The molecule has 0 aliphatic rings. The second-order valence-corrected chi connectivity index (χ2v) is 5.15. The fourth-order valence-corrected chi connectivity index (χ4v) is 2.29. The Morgan fingerprint density at radius 3 is 2.60 bits per heavy atom. The Hall–Kier alpha value is -2.07. The number of primary amides is 1. The quantitative estimate of drug-likeness (QED) is 0.942. The topological polar surface area (TPSA) is 65.1 Å². The van der Waals surface area contributed by atoms with Crippen LogP contribution in [0.15, 0.2) is 35.1 Å². The molecular formula is C15H15ClN2O2. The normalized spacial score (nSPS) is 10.6. The highest BCUT2D eigenvalue weighted by molar-refractivity contribution is 6.30. The van der Waals surface area contributed by atoms with E-state index in [2.05, 4.69) is 0 Å². The largest absolute Gasteiger partial charge is 0.365 e. The van der Waals surface area contributed by atoms with Gasteiger partial charge in [-0.3, -0.25) is 9.59 Å². The number of hydrogen-bond donors (Lipinski definition) is 1. The maximum atomic E-state index is 12.3. The number of rotatable bonds is 3. The molecule has 0 saturated heterocycles. The molecule has 0 spiro atoms. The van der Waals surface area contributed by atoms with Gasteiger partial charge in [-0.1, -0.05) is 23.7 Å². The first kappa shape index (κ1) is 14.3. The van der Waals surface area contributed by atoms with Gasteiger partial charge in [0.15, 0.2) is 0 Å². The molecule has 0 atom stereocenters. The molecule has 0 aliphatic heterocycles. The van der Waals surface area contributed by atoms with Gasteiger partial charge in [-0.2, -0.15) is 0 Å². The van der Waals surface area contributed by atoms with E-state index in [4.69, 9.17) is 17.3 Å². The van der Waals surface area contributed by atoms with Gasteiger partial charge >= 0.3 is 0 Å². The molecule has 0 radical (unpaired) electrons. The summed E-state index contributed by atoms with van der Waals surface area (Å²) in [5.41, 5.74) is 7.43. The monoisotopic (exact) mass is 290 g/mol. The lowest BCUT2D eigenvalue weighted by atomic mass is 10.1. The summed E-state index contributed by atoms with van der Waals surface area (Å²) >= 11 is 5.94. The van der Waals surface area contributed by atoms with Gasteiger partial charge < -0.3 is 10.3 Å².